The number of amides is 1. The number of carbonyl (C=O) groups excluding carboxylic acids is 1. The second kappa shape index (κ2) is 3.88. The lowest BCUT2D eigenvalue weighted by Crippen LogP contribution is -2.42. The summed E-state index contributed by atoms with van der Waals surface area (Å²) < 4.78 is 5.23. The number of hydrogen-bond donors (Lipinski definition) is 1. The third-order valence-corrected chi connectivity index (χ3v) is 4.10. The van der Waals surface area contributed by atoms with Gasteiger partial charge in [0.1, 0.15) is 5.76 Å². The highest BCUT2D eigenvalue weighted by Crippen LogP contribution is 2.33. The van der Waals surface area contributed by atoms with E-state index in [0.717, 1.165) is 25.3 Å². The maximum absolute atomic E-state index is 12.5. The van der Waals surface area contributed by atoms with Gasteiger partial charge >= 0.3 is 0 Å². The van der Waals surface area contributed by atoms with Crippen molar-refractivity contribution in [3.05, 3.63) is 23.7 Å². The molecular weight excluding hydrogens is 216 g/mol. The topological polar surface area (TPSA) is 45.5 Å². The molecule has 4 nitrogen and oxygen atoms in total. The molecule has 3 atom stereocenters. The van der Waals surface area contributed by atoms with E-state index in [4.69, 9.17) is 4.42 Å². The average molecular weight is 234 g/mol. The molecule has 4 heteroatoms. The predicted molar refractivity (Wildman–Crippen MR) is 63.8 cm³/mol. The molecule has 17 heavy (non-hydrogen) atoms. The summed E-state index contributed by atoms with van der Waals surface area (Å²) in [5.41, 5.74) is 0.712. The van der Waals surface area contributed by atoms with Crippen LogP contribution in [0.4, 0.5) is 0 Å². The molecule has 0 aromatic carbocycles. The van der Waals surface area contributed by atoms with E-state index in [-0.39, 0.29) is 5.91 Å². The van der Waals surface area contributed by atoms with Gasteiger partial charge in [0.25, 0.3) is 5.91 Å². The Labute approximate surface area is 101 Å². The predicted octanol–water partition coefficient (Wildman–Crippen LogP) is 1.41. The Kier molecular flexibility index (Phi) is 2.47. The van der Waals surface area contributed by atoms with E-state index in [1.54, 1.807) is 12.3 Å². The SMILES string of the molecule is Cc1occc1C(=O)N1C(C)CC2CNCC21. The van der Waals surface area contributed by atoms with Gasteiger partial charge in [0.2, 0.25) is 0 Å². The molecule has 0 aliphatic carbocycles. The first-order chi connectivity index (χ1) is 8.18. The fourth-order valence-corrected chi connectivity index (χ4v) is 3.26. The summed E-state index contributed by atoms with van der Waals surface area (Å²) in [6.45, 7) is 5.96. The van der Waals surface area contributed by atoms with Gasteiger partial charge in [-0.1, -0.05) is 0 Å². The third-order valence-electron chi connectivity index (χ3n) is 4.10. The summed E-state index contributed by atoms with van der Waals surface area (Å²) >= 11 is 0. The molecule has 0 radical (unpaired) electrons. The van der Waals surface area contributed by atoms with Crippen LogP contribution in [-0.4, -0.2) is 36.0 Å². The second-order valence-electron chi connectivity index (χ2n) is 5.17. The summed E-state index contributed by atoms with van der Waals surface area (Å²) in [6.07, 6.45) is 2.70. The minimum atomic E-state index is 0.125. The van der Waals surface area contributed by atoms with Gasteiger partial charge in [-0.25, -0.2) is 0 Å². The number of nitrogens with zero attached hydrogens (tertiary/aromatic N) is 1. The van der Waals surface area contributed by atoms with Crippen LogP contribution in [0.3, 0.4) is 0 Å². The number of fused-ring (bicyclic) bond motifs is 1. The van der Waals surface area contributed by atoms with Gasteiger partial charge in [0.05, 0.1) is 11.8 Å². The van der Waals surface area contributed by atoms with Gasteiger partial charge in [0, 0.05) is 25.2 Å². The number of likely N-dealkylation sites (tertiary alicyclic amines) is 1. The first-order valence-corrected chi connectivity index (χ1v) is 6.26. The van der Waals surface area contributed by atoms with E-state index >= 15 is 0 Å². The van der Waals surface area contributed by atoms with E-state index < -0.39 is 0 Å². The van der Waals surface area contributed by atoms with Crippen molar-refractivity contribution in [3.63, 3.8) is 0 Å². The van der Waals surface area contributed by atoms with E-state index in [1.165, 1.54) is 0 Å². The Bertz CT molecular complexity index is 440. The molecule has 1 N–H and O–H groups in total. The van der Waals surface area contributed by atoms with Crippen molar-refractivity contribution in [1.82, 2.24) is 10.2 Å². The lowest BCUT2D eigenvalue weighted by atomic mass is 10.0. The van der Waals surface area contributed by atoms with E-state index in [1.807, 2.05) is 11.8 Å². The van der Waals surface area contributed by atoms with Crippen LogP contribution in [0, 0.1) is 12.8 Å². The van der Waals surface area contributed by atoms with Crippen molar-refractivity contribution in [2.75, 3.05) is 13.1 Å². The van der Waals surface area contributed by atoms with Gasteiger partial charge in [0.15, 0.2) is 0 Å². The summed E-state index contributed by atoms with van der Waals surface area (Å²) in [5.74, 6) is 1.47. The van der Waals surface area contributed by atoms with Gasteiger partial charge in [-0.15, -0.1) is 0 Å². The van der Waals surface area contributed by atoms with Crippen LogP contribution in [0.25, 0.3) is 0 Å². The molecule has 2 aliphatic rings. The molecule has 1 aromatic heterocycles. The molecule has 2 saturated heterocycles. The van der Waals surface area contributed by atoms with Crippen LogP contribution in [-0.2, 0) is 0 Å². The molecule has 3 unspecified atom stereocenters. The molecule has 3 rings (SSSR count). The number of hydrogen-bond acceptors (Lipinski definition) is 3. The standard InChI is InChI=1S/C13H18N2O2/c1-8-5-10-6-14-7-12(10)15(8)13(16)11-3-4-17-9(11)2/h3-4,8,10,12,14H,5-7H2,1-2H3. The lowest BCUT2D eigenvalue weighted by Gasteiger charge is -2.27. The zero-order valence-electron chi connectivity index (χ0n) is 10.3. The highest BCUT2D eigenvalue weighted by molar-refractivity contribution is 5.95. The molecule has 2 aliphatic heterocycles. The monoisotopic (exact) mass is 234 g/mol. The maximum atomic E-state index is 12.5. The highest BCUT2D eigenvalue weighted by Gasteiger charge is 2.44. The zero-order valence-corrected chi connectivity index (χ0v) is 10.3. The van der Waals surface area contributed by atoms with Crippen molar-refractivity contribution in [2.45, 2.75) is 32.4 Å². The zero-order chi connectivity index (χ0) is 12.0. The largest absolute Gasteiger partial charge is 0.469 e. The molecule has 1 aromatic rings. The van der Waals surface area contributed by atoms with Crippen LogP contribution in [0.1, 0.15) is 29.5 Å². The Hall–Kier alpha value is -1.29. The Morgan fingerprint density at radius 3 is 3.06 bits per heavy atom. The Morgan fingerprint density at radius 2 is 2.35 bits per heavy atom. The smallest absolute Gasteiger partial charge is 0.257 e. The number of aryl methyl sites for hydroxylation is 1. The molecule has 2 fully saturated rings. The van der Waals surface area contributed by atoms with Crippen molar-refractivity contribution < 1.29 is 9.21 Å². The molecule has 92 valence electrons. The first-order valence-electron chi connectivity index (χ1n) is 6.26. The van der Waals surface area contributed by atoms with Gasteiger partial charge in [-0.2, -0.15) is 0 Å². The van der Waals surface area contributed by atoms with E-state index in [2.05, 4.69) is 12.2 Å². The fraction of sp³-hybridized carbons (Fsp3) is 0.615. The van der Waals surface area contributed by atoms with Crippen LogP contribution in [0.15, 0.2) is 16.7 Å². The summed E-state index contributed by atoms with van der Waals surface area (Å²) in [4.78, 5) is 14.6. The van der Waals surface area contributed by atoms with Crippen molar-refractivity contribution in [2.24, 2.45) is 5.92 Å². The van der Waals surface area contributed by atoms with Crippen LogP contribution in [0.2, 0.25) is 0 Å². The van der Waals surface area contributed by atoms with Crippen molar-refractivity contribution in [1.29, 1.82) is 0 Å². The minimum Gasteiger partial charge on any atom is -0.469 e. The summed E-state index contributed by atoms with van der Waals surface area (Å²) in [7, 11) is 0. The number of furan rings is 1. The summed E-state index contributed by atoms with van der Waals surface area (Å²) in [6, 6.07) is 2.49. The third kappa shape index (κ3) is 1.59. The van der Waals surface area contributed by atoms with Gasteiger partial charge in [-0.3, -0.25) is 4.79 Å². The summed E-state index contributed by atoms with van der Waals surface area (Å²) in [5, 5.41) is 3.37. The first kappa shape index (κ1) is 10.8. The number of rotatable bonds is 1. The van der Waals surface area contributed by atoms with Crippen LogP contribution < -0.4 is 5.32 Å². The molecular formula is C13H18N2O2. The quantitative estimate of drug-likeness (QED) is 0.799. The average Bonchev–Trinajstić information content (AvgIpc) is 2.92. The molecule has 0 saturated carbocycles. The highest BCUT2D eigenvalue weighted by atomic mass is 16.3. The molecule has 1 amide bonds. The lowest BCUT2D eigenvalue weighted by molar-refractivity contribution is 0.0680. The number of nitrogens with one attached hydrogen (secondary N) is 1. The van der Waals surface area contributed by atoms with Crippen molar-refractivity contribution >= 4 is 5.91 Å². The maximum Gasteiger partial charge on any atom is 0.257 e. The van der Waals surface area contributed by atoms with Crippen LogP contribution in [0.5, 0.6) is 0 Å². The second-order valence-corrected chi connectivity index (χ2v) is 5.17. The van der Waals surface area contributed by atoms with Gasteiger partial charge in [-0.05, 0) is 32.3 Å². The molecule has 0 spiro atoms. The fourth-order valence-electron chi connectivity index (χ4n) is 3.26. The normalized spacial score (nSPS) is 31.9. The van der Waals surface area contributed by atoms with E-state index in [9.17, 15) is 4.79 Å². The van der Waals surface area contributed by atoms with E-state index in [0.29, 0.717) is 23.6 Å². The Balaban J connectivity index is 1.88. The Morgan fingerprint density at radius 1 is 1.53 bits per heavy atom. The molecule has 3 heterocycles. The van der Waals surface area contributed by atoms with Crippen molar-refractivity contribution in [3.8, 4) is 0 Å². The van der Waals surface area contributed by atoms with Crippen LogP contribution >= 0.6 is 0 Å². The number of carbonyl (C=O) groups is 1. The van der Waals surface area contributed by atoms with Gasteiger partial charge < -0.3 is 14.6 Å². The minimum absolute atomic E-state index is 0.125. The molecule has 0 bridgehead atoms.